The predicted molar refractivity (Wildman–Crippen MR) is 135 cm³/mol. The molecule has 182 valence electrons. The first-order valence-electron chi connectivity index (χ1n) is 12.6. The van der Waals surface area contributed by atoms with E-state index in [1.54, 1.807) is 7.11 Å². The van der Waals surface area contributed by atoms with Gasteiger partial charge in [-0.2, -0.15) is 0 Å². The number of aryl methyl sites for hydroxylation is 2. The third-order valence-corrected chi connectivity index (χ3v) is 7.02. The van der Waals surface area contributed by atoms with E-state index in [9.17, 15) is 9.59 Å². The molecule has 4 rings (SSSR count). The van der Waals surface area contributed by atoms with Crippen LogP contribution in [0.15, 0.2) is 48.5 Å². The normalized spacial score (nSPS) is 20.0. The summed E-state index contributed by atoms with van der Waals surface area (Å²) in [4.78, 5) is 28.5. The number of nitrogens with zero attached hydrogens (tertiary/aromatic N) is 1. The Hall–Kier alpha value is -2.70. The van der Waals surface area contributed by atoms with Gasteiger partial charge in [-0.05, 0) is 67.3 Å². The molecule has 1 fully saturated rings. The van der Waals surface area contributed by atoms with Gasteiger partial charge in [-0.25, -0.2) is 0 Å². The fourth-order valence-corrected chi connectivity index (χ4v) is 5.15. The Morgan fingerprint density at radius 2 is 1.76 bits per heavy atom. The molecule has 0 spiro atoms. The van der Waals surface area contributed by atoms with Crippen LogP contribution in [0.1, 0.15) is 36.0 Å². The van der Waals surface area contributed by atoms with Gasteiger partial charge in [0.25, 0.3) is 0 Å². The molecule has 6 nitrogen and oxygen atoms in total. The van der Waals surface area contributed by atoms with E-state index in [1.165, 1.54) is 23.1 Å². The number of anilines is 1. The van der Waals surface area contributed by atoms with Crippen molar-refractivity contribution in [1.29, 1.82) is 0 Å². The summed E-state index contributed by atoms with van der Waals surface area (Å²) in [6.45, 7) is 3.42. The number of carbonyl (C=O) groups is 2. The van der Waals surface area contributed by atoms with Crippen molar-refractivity contribution in [3.05, 3.63) is 65.2 Å². The first kappa shape index (κ1) is 24.4. The predicted octanol–water partition coefficient (Wildman–Crippen LogP) is 3.45. The van der Waals surface area contributed by atoms with E-state index >= 15 is 0 Å². The largest absolute Gasteiger partial charge is 0.385 e. The molecule has 2 aromatic rings. The van der Waals surface area contributed by atoms with Crippen molar-refractivity contribution in [1.82, 2.24) is 10.2 Å². The second-order valence-electron chi connectivity index (χ2n) is 9.59. The summed E-state index contributed by atoms with van der Waals surface area (Å²) in [6, 6.07) is 16.6. The first-order chi connectivity index (χ1) is 16.6. The lowest BCUT2D eigenvalue weighted by atomic mass is 9.87. The topological polar surface area (TPSA) is 70.7 Å². The molecule has 2 N–H and O–H groups in total. The number of piperidine rings is 1. The van der Waals surface area contributed by atoms with E-state index in [0.717, 1.165) is 37.9 Å². The SMILES string of the molecule is COCCCNC(=O)[C@H]1C[C@@H](C(=O)Nc2ccc3c(c2)CCC3)CN(CCc2ccccc2)C1. The monoisotopic (exact) mass is 463 g/mol. The lowest BCUT2D eigenvalue weighted by Crippen LogP contribution is -2.49. The van der Waals surface area contributed by atoms with Gasteiger partial charge in [0.2, 0.25) is 11.8 Å². The molecule has 2 amide bonds. The molecule has 34 heavy (non-hydrogen) atoms. The number of methoxy groups -OCH3 is 1. The van der Waals surface area contributed by atoms with E-state index < -0.39 is 0 Å². The molecule has 1 aliphatic heterocycles. The van der Waals surface area contributed by atoms with Crippen LogP contribution in [0.4, 0.5) is 5.69 Å². The van der Waals surface area contributed by atoms with Crippen LogP contribution in [-0.4, -0.2) is 56.6 Å². The molecular formula is C28H37N3O3. The maximum atomic E-state index is 13.3. The molecule has 2 aromatic carbocycles. The second kappa shape index (κ2) is 12.1. The van der Waals surface area contributed by atoms with Crippen LogP contribution in [0, 0.1) is 11.8 Å². The number of fused-ring (bicyclic) bond motifs is 1. The van der Waals surface area contributed by atoms with Crippen LogP contribution in [0.25, 0.3) is 0 Å². The van der Waals surface area contributed by atoms with Gasteiger partial charge < -0.3 is 20.3 Å². The van der Waals surface area contributed by atoms with Crippen LogP contribution in [0.3, 0.4) is 0 Å². The molecule has 0 bridgehead atoms. The Labute approximate surface area is 203 Å². The summed E-state index contributed by atoms with van der Waals surface area (Å²) in [5.74, 6) is -0.356. The zero-order chi connectivity index (χ0) is 23.8. The number of ether oxygens (including phenoxy) is 1. The summed E-state index contributed by atoms with van der Waals surface area (Å²) in [5.41, 5.74) is 4.88. The minimum atomic E-state index is -0.215. The highest BCUT2D eigenvalue weighted by Crippen LogP contribution is 2.27. The van der Waals surface area contributed by atoms with Crippen molar-refractivity contribution < 1.29 is 14.3 Å². The van der Waals surface area contributed by atoms with Crippen molar-refractivity contribution in [2.45, 2.75) is 38.5 Å². The Morgan fingerprint density at radius 3 is 2.56 bits per heavy atom. The lowest BCUT2D eigenvalue weighted by molar-refractivity contribution is -0.130. The summed E-state index contributed by atoms with van der Waals surface area (Å²) in [6.07, 6.45) is 5.67. The Balaban J connectivity index is 1.40. The molecule has 1 aliphatic carbocycles. The lowest BCUT2D eigenvalue weighted by Gasteiger charge is -2.36. The van der Waals surface area contributed by atoms with Crippen molar-refractivity contribution >= 4 is 17.5 Å². The molecular weight excluding hydrogens is 426 g/mol. The van der Waals surface area contributed by atoms with Crippen molar-refractivity contribution in [3.8, 4) is 0 Å². The van der Waals surface area contributed by atoms with E-state index in [1.807, 2.05) is 12.1 Å². The standard InChI is InChI=1S/C28H37N3O3/c1-34-16-6-14-29-27(32)24-17-25(20-31(19-24)15-13-21-7-3-2-4-8-21)28(33)30-26-12-11-22-9-5-10-23(22)18-26/h2-4,7-8,11-12,18,24-25H,5-6,9-10,13-17,19-20H2,1H3,(H,29,32)(H,30,33)/t24-,25+/m0/s1. The Bertz CT molecular complexity index is 963. The maximum Gasteiger partial charge on any atom is 0.228 e. The van der Waals surface area contributed by atoms with Crippen molar-refractivity contribution in [2.75, 3.05) is 45.2 Å². The summed E-state index contributed by atoms with van der Waals surface area (Å²) in [7, 11) is 1.66. The molecule has 0 unspecified atom stereocenters. The number of nitrogens with one attached hydrogen (secondary N) is 2. The van der Waals surface area contributed by atoms with Crippen LogP contribution in [0.2, 0.25) is 0 Å². The molecule has 6 heteroatoms. The highest BCUT2D eigenvalue weighted by molar-refractivity contribution is 5.93. The molecule has 0 radical (unpaired) electrons. The number of rotatable bonds is 10. The van der Waals surface area contributed by atoms with Crippen LogP contribution in [-0.2, 0) is 33.6 Å². The van der Waals surface area contributed by atoms with Gasteiger partial charge in [-0.3, -0.25) is 9.59 Å². The van der Waals surface area contributed by atoms with E-state index in [-0.39, 0.29) is 23.7 Å². The second-order valence-corrected chi connectivity index (χ2v) is 9.59. The molecule has 1 heterocycles. The maximum absolute atomic E-state index is 13.3. The molecule has 0 saturated carbocycles. The Kier molecular flexibility index (Phi) is 8.72. The van der Waals surface area contributed by atoms with Crippen molar-refractivity contribution in [2.24, 2.45) is 11.8 Å². The third-order valence-electron chi connectivity index (χ3n) is 7.02. The van der Waals surface area contributed by atoms with E-state index in [4.69, 9.17) is 4.74 Å². The van der Waals surface area contributed by atoms with Gasteiger partial charge in [0.05, 0.1) is 11.8 Å². The quantitative estimate of drug-likeness (QED) is 0.530. The first-order valence-corrected chi connectivity index (χ1v) is 12.6. The summed E-state index contributed by atoms with van der Waals surface area (Å²) in [5, 5.41) is 6.18. The van der Waals surface area contributed by atoms with Gasteiger partial charge >= 0.3 is 0 Å². The highest BCUT2D eigenvalue weighted by Gasteiger charge is 2.35. The van der Waals surface area contributed by atoms with Gasteiger partial charge in [0.1, 0.15) is 0 Å². The van der Waals surface area contributed by atoms with Crippen LogP contribution < -0.4 is 10.6 Å². The van der Waals surface area contributed by atoms with Crippen LogP contribution >= 0.6 is 0 Å². The van der Waals surface area contributed by atoms with Gasteiger partial charge in [0, 0.05) is 45.6 Å². The number of hydrogen-bond acceptors (Lipinski definition) is 4. The summed E-state index contributed by atoms with van der Waals surface area (Å²) >= 11 is 0. The summed E-state index contributed by atoms with van der Waals surface area (Å²) < 4.78 is 5.08. The van der Waals surface area contributed by atoms with E-state index in [0.29, 0.717) is 32.7 Å². The average molecular weight is 464 g/mol. The fourth-order valence-electron chi connectivity index (χ4n) is 5.15. The van der Waals surface area contributed by atoms with Crippen molar-refractivity contribution in [3.63, 3.8) is 0 Å². The van der Waals surface area contributed by atoms with Crippen LogP contribution in [0.5, 0.6) is 0 Å². The molecule has 1 saturated heterocycles. The number of likely N-dealkylation sites (tertiary alicyclic amines) is 1. The molecule has 2 atom stereocenters. The molecule has 2 aliphatic rings. The number of carbonyl (C=O) groups excluding carboxylic acids is 2. The number of hydrogen-bond donors (Lipinski definition) is 2. The fraction of sp³-hybridized carbons (Fsp3) is 0.500. The zero-order valence-corrected chi connectivity index (χ0v) is 20.2. The van der Waals surface area contributed by atoms with Gasteiger partial charge in [-0.15, -0.1) is 0 Å². The minimum absolute atomic E-state index is 0.0135. The smallest absolute Gasteiger partial charge is 0.228 e. The average Bonchev–Trinajstić information content (AvgIpc) is 3.33. The zero-order valence-electron chi connectivity index (χ0n) is 20.2. The molecule has 0 aromatic heterocycles. The van der Waals surface area contributed by atoms with Gasteiger partial charge in [-0.1, -0.05) is 36.4 Å². The third kappa shape index (κ3) is 6.67. The Morgan fingerprint density at radius 1 is 1.00 bits per heavy atom. The highest BCUT2D eigenvalue weighted by atomic mass is 16.5. The van der Waals surface area contributed by atoms with Gasteiger partial charge in [0.15, 0.2) is 0 Å². The number of benzene rings is 2. The minimum Gasteiger partial charge on any atom is -0.385 e. The number of amides is 2. The van der Waals surface area contributed by atoms with E-state index in [2.05, 4.69) is 51.9 Å².